The Morgan fingerprint density at radius 3 is 2.30 bits per heavy atom. The molecule has 0 heterocycles. The van der Waals surface area contributed by atoms with Crippen LogP contribution in [0.15, 0.2) is 24.3 Å². The number of aliphatic hydroxyl groups excluding tert-OH is 1. The van der Waals surface area contributed by atoms with E-state index in [1.165, 1.54) is 0 Å². The summed E-state index contributed by atoms with van der Waals surface area (Å²) in [6, 6.07) is 6.90. The molecule has 2 N–H and O–H groups in total. The molecular weight excluding hydrogens is 278 g/mol. The van der Waals surface area contributed by atoms with Crippen molar-refractivity contribution >= 4 is 10.0 Å². The zero-order valence-electron chi connectivity index (χ0n) is 11.6. The molecule has 0 atom stereocenters. The minimum Gasteiger partial charge on any atom is -0.392 e. The Hall–Kier alpha value is -0.950. The fraction of sp³-hybridized carbons (Fsp3) is 0.571. The molecule has 0 radical (unpaired) electrons. The molecule has 0 spiro atoms. The number of rotatable bonds is 7. The highest BCUT2D eigenvalue weighted by molar-refractivity contribution is 7.88. The van der Waals surface area contributed by atoms with Gasteiger partial charge in [-0.3, -0.25) is 0 Å². The van der Waals surface area contributed by atoms with Crippen LogP contribution >= 0.6 is 0 Å². The number of hydrogen-bond donors (Lipinski definition) is 2. The predicted octanol–water partition coefficient (Wildman–Crippen LogP) is 1.17. The van der Waals surface area contributed by atoms with Crippen molar-refractivity contribution in [1.82, 2.24) is 4.72 Å². The highest BCUT2D eigenvalue weighted by Crippen LogP contribution is 2.34. The van der Waals surface area contributed by atoms with E-state index in [2.05, 4.69) is 4.72 Å². The molecule has 2 rings (SSSR count). The van der Waals surface area contributed by atoms with Gasteiger partial charge in [0.2, 0.25) is 10.0 Å². The standard InChI is InChI=1S/C14H21NO4S/c1-19-14(7-2-8-14)11-15-20(17,18)10-13-5-3-12(9-16)4-6-13/h3-6,15-16H,2,7-11H2,1H3. The minimum atomic E-state index is -3.37. The van der Waals surface area contributed by atoms with Crippen LogP contribution < -0.4 is 4.72 Å². The van der Waals surface area contributed by atoms with Crippen molar-refractivity contribution < 1.29 is 18.3 Å². The van der Waals surface area contributed by atoms with Crippen LogP contribution in [-0.4, -0.2) is 32.8 Å². The summed E-state index contributed by atoms with van der Waals surface area (Å²) in [4.78, 5) is 0. The largest absolute Gasteiger partial charge is 0.392 e. The number of benzene rings is 1. The third-order valence-corrected chi connectivity index (χ3v) is 5.17. The lowest BCUT2D eigenvalue weighted by atomic mass is 9.80. The van der Waals surface area contributed by atoms with Crippen LogP contribution in [0, 0.1) is 0 Å². The topological polar surface area (TPSA) is 75.6 Å². The lowest BCUT2D eigenvalue weighted by Gasteiger charge is -2.40. The Kier molecular flexibility index (Phi) is 4.80. The molecule has 0 unspecified atom stereocenters. The van der Waals surface area contributed by atoms with Crippen molar-refractivity contribution in [2.45, 2.75) is 37.2 Å². The van der Waals surface area contributed by atoms with E-state index >= 15 is 0 Å². The first-order valence-electron chi connectivity index (χ1n) is 6.70. The number of hydrogen-bond acceptors (Lipinski definition) is 4. The number of nitrogens with one attached hydrogen (secondary N) is 1. The van der Waals surface area contributed by atoms with Crippen LogP contribution in [0.1, 0.15) is 30.4 Å². The van der Waals surface area contributed by atoms with Gasteiger partial charge in [-0.1, -0.05) is 24.3 Å². The van der Waals surface area contributed by atoms with E-state index in [9.17, 15) is 8.42 Å². The fourth-order valence-electron chi connectivity index (χ4n) is 2.28. The van der Waals surface area contributed by atoms with Gasteiger partial charge in [-0.25, -0.2) is 13.1 Å². The summed E-state index contributed by atoms with van der Waals surface area (Å²) in [6.45, 7) is 0.294. The summed E-state index contributed by atoms with van der Waals surface area (Å²) in [6.07, 6.45) is 2.88. The molecule has 1 fully saturated rings. The van der Waals surface area contributed by atoms with E-state index in [1.54, 1.807) is 31.4 Å². The Bertz CT molecular complexity index is 529. The van der Waals surface area contributed by atoms with Crippen molar-refractivity contribution in [3.05, 3.63) is 35.4 Å². The maximum Gasteiger partial charge on any atom is 0.215 e. The molecule has 1 aromatic rings. The zero-order valence-corrected chi connectivity index (χ0v) is 12.4. The van der Waals surface area contributed by atoms with Gasteiger partial charge in [-0.05, 0) is 30.4 Å². The SMILES string of the molecule is COC1(CNS(=O)(=O)Cc2ccc(CO)cc2)CCC1. The quantitative estimate of drug-likeness (QED) is 0.792. The van der Waals surface area contributed by atoms with Crippen molar-refractivity contribution in [3.8, 4) is 0 Å². The van der Waals surface area contributed by atoms with Gasteiger partial charge >= 0.3 is 0 Å². The third-order valence-electron chi connectivity index (χ3n) is 3.87. The average Bonchev–Trinajstić information content (AvgIpc) is 2.38. The number of methoxy groups -OCH3 is 1. The van der Waals surface area contributed by atoms with Gasteiger partial charge in [0.1, 0.15) is 0 Å². The normalized spacial score (nSPS) is 17.7. The van der Waals surface area contributed by atoms with Gasteiger partial charge in [0.25, 0.3) is 0 Å². The molecule has 1 aromatic carbocycles. The van der Waals surface area contributed by atoms with E-state index in [0.29, 0.717) is 12.1 Å². The van der Waals surface area contributed by atoms with E-state index in [-0.39, 0.29) is 18.0 Å². The molecule has 6 heteroatoms. The van der Waals surface area contributed by atoms with Gasteiger partial charge in [0.05, 0.1) is 18.0 Å². The molecule has 1 aliphatic rings. The van der Waals surface area contributed by atoms with Gasteiger partial charge in [0, 0.05) is 13.7 Å². The van der Waals surface area contributed by atoms with Crippen LogP contribution in [0.3, 0.4) is 0 Å². The molecule has 0 aliphatic heterocycles. The van der Waals surface area contributed by atoms with Crippen LogP contribution in [-0.2, 0) is 27.1 Å². The van der Waals surface area contributed by atoms with Crippen LogP contribution in [0.2, 0.25) is 0 Å². The summed E-state index contributed by atoms with van der Waals surface area (Å²) in [5.74, 6) is -0.0570. The molecule has 5 nitrogen and oxygen atoms in total. The Labute approximate surface area is 120 Å². The molecule has 1 aliphatic carbocycles. The molecule has 0 amide bonds. The van der Waals surface area contributed by atoms with Gasteiger partial charge in [-0.15, -0.1) is 0 Å². The lowest BCUT2D eigenvalue weighted by molar-refractivity contribution is -0.0659. The highest BCUT2D eigenvalue weighted by Gasteiger charge is 2.37. The van der Waals surface area contributed by atoms with Crippen molar-refractivity contribution in [1.29, 1.82) is 0 Å². The second-order valence-corrected chi connectivity index (χ2v) is 7.10. The maximum atomic E-state index is 12.0. The Morgan fingerprint density at radius 2 is 1.85 bits per heavy atom. The summed E-state index contributed by atoms with van der Waals surface area (Å²) >= 11 is 0. The molecule has 20 heavy (non-hydrogen) atoms. The first-order chi connectivity index (χ1) is 9.49. The molecule has 0 bridgehead atoms. The average molecular weight is 299 g/mol. The van der Waals surface area contributed by atoms with Gasteiger partial charge in [-0.2, -0.15) is 0 Å². The minimum absolute atomic E-state index is 0.0400. The lowest BCUT2D eigenvalue weighted by Crippen LogP contribution is -2.49. The van der Waals surface area contributed by atoms with E-state index in [0.717, 1.165) is 24.8 Å². The van der Waals surface area contributed by atoms with E-state index in [1.807, 2.05) is 0 Å². The van der Waals surface area contributed by atoms with E-state index < -0.39 is 10.0 Å². The molecular formula is C14H21NO4S. The summed E-state index contributed by atoms with van der Waals surface area (Å²) in [5, 5.41) is 8.95. The monoisotopic (exact) mass is 299 g/mol. The van der Waals surface area contributed by atoms with Crippen LogP contribution in [0.4, 0.5) is 0 Å². The van der Waals surface area contributed by atoms with Gasteiger partial charge in [0.15, 0.2) is 0 Å². The number of aliphatic hydroxyl groups is 1. The van der Waals surface area contributed by atoms with Crippen molar-refractivity contribution in [2.24, 2.45) is 0 Å². The summed E-state index contributed by atoms with van der Waals surface area (Å²) in [5.41, 5.74) is 1.16. The zero-order chi connectivity index (χ0) is 14.6. The smallest absolute Gasteiger partial charge is 0.215 e. The second kappa shape index (κ2) is 6.22. The van der Waals surface area contributed by atoms with Gasteiger partial charge < -0.3 is 9.84 Å². The molecule has 1 saturated carbocycles. The Morgan fingerprint density at radius 1 is 1.25 bits per heavy atom. The van der Waals surface area contributed by atoms with Crippen molar-refractivity contribution in [3.63, 3.8) is 0 Å². The number of sulfonamides is 1. The highest BCUT2D eigenvalue weighted by atomic mass is 32.2. The molecule has 0 aromatic heterocycles. The predicted molar refractivity (Wildman–Crippen MR) is 76.6 cm³/mol. The third kappa shape index (κ3) is 3.79. The van der Waals surface area contributed by atoms with E-state index in [4.69, 9.17) is 9.84 Å². The second-order valence-electron chi connectivity index (χ2n) is 5.30. The fourth-order valence-corrected chi connectivity index (χ4v) is 3.49. The van der Waals surface area contributed by atoms with Crippen molar-refractivity contribution in [2.75, 3.05) is 13.7 Å². The number of ether oxygens (including phenoxy) is 1. The molecule has 0 saturated heterocycles. The Balaban J connectivity index is 1.92. The summed E-state index contributed by atoms with van der Waals surface area (Å²) < 4.78 is 32.1. The first kappa shape index (κ1) is 15.4. The summed E-state index contributed by atoms with van der Waals surface area (Å²) in [7, 11) is -1.74. The van der Waals surface area contributed by atoms with Crippen LogP contribution in [0.5, 0.6) is 0 Å². The molecule has 112 valence electrons. The van der Waals surface area contributed by atoms with Crippen LogP contribution in [0.25, 0.3) is 0 Å². The maximum absolute atomic E-state index is 12.0. The first-order valence-corrected chi connectivity index (χ1v) is 8.35.